The number of benzene rings is 2. The molecule has 2 aromatic carbocycles. The van der Waals surface area contributed by atoms with Crippen LogP contribution in [0.25, 0.3) is 0 Å². The first-order chi connectivity index (χ1) is 14.3. The molecular weight excluding hydrogens is 400 g/mol. The molecule has 0 unspecified atom stereocenters. The standard InChI is InChI=1S/C24H31ClN2O3/c1-5-22(24(29)26-15-17(2)3)27(16-18-10-12-20(30-4)13-11-18)23(28)14-19-8-6-7-9-21(19)25/h6-13,17,22H,5,14-16H2,1-4H3,(H,26,29)/t22-/m0/s1. The lowest BCUT2D eigenvalue weighted by Crippen LogP contribution is -2.50. The summed E-state index contributed by atoms with van der Waals surface area (Å²) in [6, 6.07) is 14.3. The van der Waals surface area contributed by atoms with Crippen molar-refractivity contribution in [1.82, 2.24) is 10.2 Å². The summed E-state index contributed by atoms with van der Waals surface area (Å²) in [5.41, 5.74) is 1.68. The minimum atomic E-state index is -0.555. The van der Waals surface area contributed by atoms with Crippen molar-refractivity contribution in [3.63, 3.8) is 0 Å². The Morgan fingerprint density at radius 1 is 1.10 bits per heavy atom. The molecule has 30 heavy (non-hydrogen) atoms. The van der Waals surface area contributed by atoms with Gasteiger partial charge in [-0.1, -0.05) is 62.7 Å². The van der Waals surface area contributed by atoms with Crippen LogP contribution in [0.15, 0.2) is 48.5 Å². The average Bonchev–Trinajstić information content (AvgIpc) is 2.74. The van der Waals surface area contributed by atoms with Gasteiger partial charge in [-0.25, -0.2) is 0 Å². The molecule has 162 valence electrons. The average molecular weight is 431 g/mol. The molecule has 2 rings (SSSR count). The second-order valence-electron chi connectivity index (χ2n) is 7.70. The molecule has 0 heterocycles. The Balaban J connectivity index is 2.27. The maximum Gasteiger partial charge on any atom is 0.242 e. The number of halogens is 1. The van der Waals surface area contributed by atoms with E-state index in [1.165, 1.54) is 0 Å². The lowest BCUT2D eigenvalue weighted by atomic mass is 10.1. The molecule has 1 N–H and O–H groups in total. The van der Waals surface area contributed by atoms with E-state index in [0.717, 1.165) is 16.9 Å². The maximum atomic E-state index is 13.3. The summed E-state index contributed by atoms with van der Waals surface area (Å²) in [6.07, 6.45) is 0.665. The highest BCUT2D eigenvalue weighted by Crippen LogP contribution is 2.20. The van der Waals surface area contributed by atoms with Crippen molar-refractivity contribution in [1.29, 1.82) is 0 Å². The van der Waals surface area contributed by atoms with E-state index < -0.39 is 6.04 Å². The summed E-state index contributed by atoms with van der Waals surface area (Å²) in [7, 11) is 1.61. The molecule has 6 heteroatoms. The van der Waals surface area contributed by atoms with Crippen molar-refractivity contribution in [2.24, 2.45) is 5.92 Å². The number of carbonyl (C=O) groups excluding carboxylic acids is 2. The highest BCUT2D eigenvalue weighted by molar-refractivity contribution is 6.31. The second kappa shape index (κ2) is 11.6. The van der Waals surface area contributed by atoms with Crippen molar-refractivity contribution in [3.8, 4) is 5.75 Å². The van der Waals surface area contributed by atoms with E-state index in [1.807, 2.05) is 63.2 Å². The predicted molar refractivity (Wildman–Crippen MR) is 121 cm³/mol. The molecule has 0 radical (unpaired) electrons. The van der Waals surface area contributed by atoms with Crippen LogP contribution in [0.3, 0.4) is 0 Å². The fourth-order valence-corrected chi connectivity index (χ4v) is 3.38. The molecule has 0 saturated heterocycles. The molecule has 1 atom stereocenters. The minimum absolute atomic E-state index is 0.132. The van der Waals surface area contributed by atoms with Crippen LogP contribution in [0.5, 0.6) is 5.75 Å². The molecule has 0 aliphatic heterocycles. The zero-order valence-corrected chi connectivity index (χ0v) is 18.9. The topological polar surface area (TPSA) is 58.6 Å². The number of methoxy groups -OCH3 is 1. The first-order valence-corrected chi connectivity index (χ1v) is 10.7. The first-order valence-electron chi connectivity index (χ1n) is 10.3. The Morgan fingerprint density at radius 2 is 1.77 bits per heavy atom. The highest BCUT2D eigenvalue weighted by Gasteiger charge is 2.29. The number of amides is 2. The SMILES string of the molecule is CC[C@@H](C(=O)NCC(C)C)N(Cc1ccc(OC)cc1)C(=O)Cc1ccccc1Cl. The quantitative estimate of drug-likeness (QED) is 0.605. The lowest BCUT2D eigenvalue weighted by molar-refractivity contribution is -0.141. The van der Waals surface area contributed by atoms with Gasteiger partial charge in [-0.05, 0) is 41.7 Å². The zero-order chi connectivity index (χ0) is 22.1. The molecular formula is C24H31ClN2O3. The third-order valence-electron chi connectivity index (χ3n) is 4.88. The number of ether oxygens (including phenoxy) is 1. The van der Waals surface area contributed by atoms with Gasteiger partial charge in [0.1, 0.15) is 11.8 Å². The lowest BCUT2D eigenvalue weighted by Gasteiger charge is -2.31. The fourth-order valence-electron chi connectivity index (χ4n) is 3.18. The van der Waals surface area contributed by atoms with Crippen LogP contribution in [0, 0.1) is 5.92 Å². The van der Waals surface area contributed by atoms with Gasteiger partial charge < -0.3 is 15.0 Å². The molecule has 0 fully saturated rings. The van der Waals surface area contributed by atoms with Gasteiger partial charge in [0.15, 0.2) is 0 Å². The fraction of sp³-hybridized carbons (Fsp3) is 0.417. The maximum absolute atomic E-state index is 13.3. The van der Waals surface area contributed by atoms with E-state index in [9.17, 15) is 9.59 Å². The molecule has 0 aromatic heterocycles. The third kappa shape index (κ3) is 6.77. The van der Waals surface area contributed by atoms with Crippen LogP contribution >= 0.6 is 11.6 Å². The number of rotatable bonds is 10. The summed E-state index contributed by atoms with van der Waals surface area (Å²) in [5, 5.41) is 3.52. The summed E-state index contributed by atoms with van der Waals surface area (Å²) >= 11 is 6.26. The second-order valence-corrected chi connectivity index (χ2v) is 8.11. The molecule has 2 amide bonds. The van der Waals surface area contributed by atoms with Crippen molar-refractivity contribution in [2.45, 2.75) is 46.2 Å². The Morgan fingerprint density at radius 3 is 2.33 bits per heavy atom. The predicted octanol–water partition coefficient (Wildman–Crippen LogP) is 4.47. The Kier molecular flexibility index (Phi) is 9.18. The summed E-state index contributed by atoms with van der Waals surface area (Å²) in [4.78, 5) is 27.8. The van der Waals surface area contributed by atoms with Crippen molar-refractivity contribution in [2.75, 3.05) is 13.7 Å². The van der Waals surface area contributed by atoms with Crippen LogP contribution < -0.4 is 10.1 Å². The van der Waals surface area contributed by atoms with Crippen LogP contribution in [0.4, 0.5) is 0 Å². The van der Waals surface area contributed by atoms with Crippen molar-refractivity contribution < 1.29 is 14.3 Å². The molecule has 0 aliphatic rings. The van der Waals surface area contributed by atoms with Crippen LogP contribution in [0.1, 0.15) is 38.3 Å². The number of nitrogens with zero attached hydrogens (tertiary/aromatic N) is 1. The molecule has 2 aromatic rings. The molecule has 0 bridgehead atoms. The van der Waals surface area contributed by atoms with E-state index in [0.29, 0.717) is 30.5 Å². The normalized spacial score (nSPS) is 11.8. The molecule has 0 aliphatic carbocycles. The van der Waals surface area contributed by atoms with Crippen LogP contribution in [-0.2, 0) is 22.6 Å². The number of carbonyl (C=O) groups is 2. The summed E-state index contributed by atoms with van der Waals surface area (Å²) in [6.45, 7) is 6.91. The largest absolute Gasteiger partial charge is 0.497 e. The Hall–Kier alpha value is -2.53. The smallest absolute Gasteiger partial charge is 0.242 e. The van der Waals surface area contributed by atoms with Gasteiger partial charge in [-0.2, -0.15) is 0 Å². The van der Waals surface area contributed by atoms with E-state index >= 15 is 0 Å². The Labute approximate surface area is 184 Å². The molecule has 5 nitrogen and oxygen atoms in total. The van der Waals surface area contributed by atoms with E-state index in [1.54, 1.807) is 18.1 Å². The Bertz CT molecular complexity index is 837. The van der Waals surface area contributed by atoms with Gasteiger partial charge in [0.25, 0.3) is 0 Å². The summed E-state index contributed by atoms with van der Waals surface area (Å²) < 4.78 is 5.22. The summed E-state index contributed by atoms with van der Waals surface area (Å²) in [5.74, 6) is 0.812. The van der Waals surface area contributed by atoms with E-state index in [4.69, 9.17) is 16.3 Å². The van der Waals surface area contributed by atoms with Crippen LogP contribution in [0.2, 0.25) is 5.02 Å². The highest BCUT2D eigenvalue weighted by atomic mass is 35.5. The molecule has 0 saturated carbocycles. The zero-order valence-electron chi connectivity index (χ0n) is 18.2. The van der Waals surface area contributed by atoms with E-state index in [-0.39, 0.29) is 18.2 Å². The van der Waals surface area contributed by atoms with Gasteiger partial charge in [-0.3, -0.25) is 9.59 Å². The van der Waals surface area contributed by atoms with Gasteiger partial charge in [0.05, 0.1) is 13.5 Å². The van der Waals surface area contributed by atoms with E-state index in [2.05, 4.69) is 5.32 Å². The number of nitrogens with one attached hydrogen (secondary N) is 1. The van der Waals surface area contributed by atoms with Crippen molar-refractivity contribution in [3.05, 3.63) is 64.7 Å². The van der Waals surface area contributed by atoms with Gasteiger partial charge in [0.2, 0.25) is 11.8 Å². The first kappa shape index (κ1) is 23.7. The molecule has 0 spiro atoms. The van der Waals surface area contributed by atoms with Gasteiger partial charge in [-0.15, -0.1) is 0 Å². The number of hydrogen-bond acceptors (Lipinski definition) is 3. The minimum Gasteiger partial charge on any atom is -0.497 e. The number of hydrogen-bond donors (Lipinski definition) is 1. The van der Waals surface area contributed by atoms with Crippen molar-refractivity contribution >= 4 is 23.4 Å². The van der Waals surface area contributed by atoms with Gasteiger partial charge >= 0.3 is 0 Å². The third-order valence-corrected chi connectivity index (χ3v) is 5.25. The van der Waals surface area contributed by atoms with Crippen LogP contribution in [-0.4, -0.2) is 36.4 Å². The monoisotopic (exact) mass is 430 g/mol. The van der Waals surface area contributed by atoms with Gasteiger partial charge in [0, 0.05) is 18.1 Å².